The average Bonchev–Trinajstić information content (AvgIpc) is 2.15. The molecular weight excluding hydrogens is 211 g/mol. The van der Waals surface area contributed by atoms with Crippen LogP contribution >= 0.6 is 0 Å². The van der Waals surface area contributed by atoms with E-state index in [-0.39, 0.29) is 11.4 Å². The van der Waals surface area contributed by atoms with E-state index in [1.54, 1.807) is 0 Å². The fourth-order valence-corrected chi connectivity index (χ4v) is 1.09. The Kier molecular flexibility index (Phi) is 3.18. The molecule has 0 radical (unpaired) electrons. The van der Waals surface area contributed by atoms with Crippen LogP contribution in [-0.2, 0) is 6.18 Å². The van der Waals surface area contributed by atoms with E-state index in [0.717, 1.165) is 6.07 Å². The number of pyridine rings is 1. The highest BCUT2D eigenvalue weighted by Crippen LogP contribution is 2.32. The maximum atomic E-state index is 12.3. The lowest BCUT2D eigenvalue weighted by atomic mass is 10.1. The zero-order chi connectivity index (χ0) is 11.6. The molecule has 3 nitrogen and oxygen atoms in total. The number of methoxy groups -OCH3 is 1. The zero-order valence-electron chi connectivity index (χ0n) is 8.17. The van der Waals surface area contributed by atoms with Gasteiger partial charge in [-0.2, -0.15) is 13.2 Å². The number of ether oxygens (including phenoxy) is 1. The zero-order valence-corrected chi connectivity index (χ0v) is 8.17. The fraction of sp³-hybridized carbons (Fsp3) is 0.444. The van der Waals surface area contributed by atoms with Gasteiger partial charge in [0.25, 0.3) is 0 Å². The summed E-state index contributed by atoms with van der Waals surface area (Å²) < 4.78 is 41.6. The molecule has 0 spiro atoms. The molecule has 1 heterocycles. The quantitative estimate of drug-likeness (QED) is 0.832. The van der Waals surface area contributed by atoms with Gasteiger partial charge in [0.05, 0.1) is 18.8 Å². The van der Waals surface area contributed by atoms with E-state index in [1.807, 2.05) is 0 Å². The third-order valence-electron chi connectivity index (χ3n) is 1.85. The summed E-state index contributed by atoms with van der Waals surface area (Å²) in [7, 11) is 1.28. The lowest BCUT2D eigenvalue weighted by molar-refractivity contribution is -0.137. The topological polar surface area (TPSA) is 42.4 Å². The van der Waals surface area contributed by atoms with Gasteiger partial charge < -0.3 is 9.84 Å². The van der Waals surface area contributed by atoms with Crippen LogP contribution in [0.4, 0.5) is 13.2 Å². The van der Waals surface area contributed by atoms with Gasteiger partial charge in [0.2, 0.25) is 5.88 Å². The van der Waals surface area contributed by atoms with Crippen LogP contribution in [0.15, 0.2) is 12.3 Å². The lowest BCUT2D eigenvalue weighted by Gasteiger charge is -2.13. The van der Waals surface area contributed by atoms with E-state index in [9.17, 15) is 18.3 Å². The number of nitrogens with zero attached hydrogens (tertiary/aromatic N) is 1. The van der Waals surface area contributed by atoms with Crippen molar-refractivity contribution in [1.29, 1.82) is 0 Å². The van der Waals surface area contributed by atoms with Gasteiger partial charge in [-0.3, -0.25) is 0 Å². The highest BCUT2D eigenvalue weighted by atomic mass is 19.4. The minimum absolute atomic E-state index is 0.00185. The predicted octanol–water partition coefficient (Wildman–Crippen LogP) is 2.16. The van der Waals surface area contributed by atoms with Crippen molar-refractivity contribution in [2.24, 2.45) is 0 Å². The molecule has 1 atom stereocenters. The molecular formula is C9H10F3NO2. The Morgan fingerprint density at radius 2 is 2.07 bits per heavy atom. The first kappa shape index (κ1) is 11.8. The second-order valence-corrected chi connectivity index (χ2v) is 3.00. The molecule has 0 aliphatic rings. The van der Waals surface area contributed by atoms with Gasteiger partial charge in [0.15, 0.2) is 0 Å². The summed E-state index contributed by atoms with van der Waals surface area (Å²) in [5.74, 6) is -0.00185. The SMILES string of the molecule is COc1ncc(C(F)(F)F)cc1C(C)O. The Hall–Kier alpha value is -1.30. The van der Waals surface area contributed by atoms with E-state index in [4.69, 9.17) is 4.74 Å². The van der Waals surface area contributed by atoms with Crippen LogP contribution in [-0.4, -0.2) is 17.2 Å². The third-order valence-corrected chi connectivity index (χ3v) is 1.85. The van der Waals surface area contributed by atoms with Gasteiger partial charge in [-0.05, 0) is 13.0 Å². The molecule has 0 fully saturated rings. The summed E-state index contributed by atoms with van der Waals surface area (Å²) in [6, 6.07) is 0.830. The normalized spacial score (nSPS) is 13.7. The molecule has 1 rings (SSSR count). The Balaban J connectivity index is 3.22. The lowest BCUT2D eigenvalue weighted by Crippen LogP contribution is -2.08. The first-order valence-corrected chi connectivity index (χ1v) is 4.15. The number of aliphatic hydroxyl groups excluding tert-OH is 1. The van der Waals surface area contributed by atoms with Crippen molar-refractivity contribution in [3.63, 3.8) is 0 Å². The first-order valence-electron chi connectivity index (χ1n) is 4.15. The maximum absolute atomic E-state index is 12.3. The van der Waals surface area contributed by atoms with Gasteiger partial charge in [-0.15, -0.1) is 0 Å². The van der Waals surface area contributed by atoms with E-state index in [1.165, 1.54) is 14.0 Å². The number of halogens is 3. The molecule has 0 amide bonds. The third kappa shape index (κ3) is 2.59. The number of alkyl halides is 3. The summed E-state index contributed by atoms with van der Waals surface area (Å²) in [5.41, 5.74) is -0.883. The molecule has 0 aliphatic carbocycles. The fourth-order valence-electron chi connectivity index (χ4n) is 1.09. The number of aromatic nitrogens is 1. The van der Waals surface area contributed by atoms with Crippen molar-refractivity contribution < 1.29 is 23.0 Å². The first-order chi connectivity index (χ1) is 6.86. The van der Waals surface area contributed by atoms with Crippen LogP contribution in [0.25, 0.3) is 0 Å². The Morgan fingerprint density at radius 3 is 2.47 bits per heavy atom. The molecule has 0 bridgehead atoms. The minimum Gasteiger partial charge on any atom is -0.481 e. The van der Waals surface area contributed by atoms with Crippen LogP contribution in [0.5, 0.6) is 5.88 Å². The predicted molar refractivity (Wildman–Crippen MR) is 46.4 cm³/mol. The summed E-state index contributed by atoms with van der Waals surface area (Å²) in [6.07, 6.45) is -4.86. The molecule has 15 heavy (non-hydrogen) atoms. The minimum atomic E-state index is -4.47. The maximum Gasteiger partial charge on any atom is 0.417 e. The van der Waals surface area contributed by atoms with E-state index >= 15 is 0 Å². The van der Waals surface area contributed by atoms with Crippen LogP contribution < -0.4 is 4.74 Å². The van der Waals surface area contributed by atoms with Gasteiger partial charge in [-0.25, -0.2) is 4.98 Å². The molecule has 6 heteroatoms. The molecule has 0 saturated carbocycles. The molecule has 84 valence electrons. The van der Waals surface area contributed by atoms with Crippen molar-refractivity contribution in [2.45, 2.75) is 19.2 Å². The van der Waals surface area contributed by atoms with Crippen LogP contribution in [0.2, 0.25) is 0 Å². The van der Waals surface area contributed by atoms with E-state index in [2.05, 4.69) is 4.98 Å². The van der Waals surface area contributed by atoms with Gasteiger partial charge in [0.1, 0.15) is 0 Å². The van der Waals surface area contributed by atoms with Crippen molar-refractivity contribution in [3.8, 4) is 5.88 Å². The Morgan fingerprint density at radius 1 is 1.47 bits per heavy atom. The van der Waals surface area contributed by atoms with Crippen LogP contribution in [0.3, 0.4) is 0 Å². The number of aliphatic hydroxyl groups is 1. The molecule has 1 aromatic rings. The van der Waals surface area contributed by atoms with Crippen LogP contribution in [0, 0.1) is 0 Å². The molecule has 0 aromatic carbocycles. The molecule has 0 aliphatic heterocycles. The van der Waals surface area contributed by atoms with Gasteiger partial charge in [-0.1, -0.05) is 0 Å². The molecule has 1 N–H and O–H groups in total. The number of hydrogen-bond donors (Lipinski definition) is 1. The van der Waals surface area contributed by atoms with Gasteiger partial charge in [0, 0.05) is 11.8 Å². The average molecular weight is 221 g/mol. The Bertz CT molecular complexity index is 350. The molecule has 1 aromatic heterocycles. The second kappa shape index (κ2) is 4.06. The number of rotatable bonds is 2. The van der Waals surface area contributed by atoms with Gasteiger partial charge >= 0.3 is 6.18 Å². The van der Waals surface area contributed by atoms with Crippen molar-refractivity contribution in [2.75, 3.05) is 7.11 Å². The summed E-state index contributed by atoms with van der Waals surface area (Å²) in [5, 5.41) is 9.24. The summed E-state index contributed by atoms with van der Waals surface area (Å²) >= 11 is 0. The standard InChI is InChI=1S/C9H10F3NO2/c1-5(14)7-3-6(9(10,11)12)4-13-8(7)15-2/h3-5,14H,1-2H3. The van der Waals surface area contributed by atoms with E-state index < -0.39 is 17.8 Å². The molecule has 0 saturated heterocycles. The highest BCUT2D eigenvalue weighted by Gasteiger charge is 2.32. The Labute approximate surface area is 84.5 Å². The monoisotopic (exact) mass is 221 g/mol. The number of hydrogen-bond acceptors (Lipinski definition) is 3. The molecule has 1 unspecified atom stereocenters. The smallest absolute Gasteiger partial charge is 0.417 e. The summed E-state index contributed by atoms with van der Waals surface area (Å²) in [4.78, 5) is 3.48. The second-order valence-electron chi connectivity index (χ2n) is 3.00. The van der Waals surface area contributed by atoms with Crippen LogP contribution in [0.1, 0.15) is 24.2 Å². The highest BCUT2D eigenvalue weighted by molar-refractivity contribution is 5.32. The van der Waals surface area contributed by atoms with E-state index in [0.29, 0.717) is 6.20 Å². The van der Waals surface area contributed by atoms with Crippen molar-refractivity contribution in [1.82, 2.24) is 4.98 Å². The van der Waals surface area contributed by atoms with Crippen molar-refractivity contribution in [3.05, 3.63) is 23.4 Å². The van der Waals surface area contributed by atoms with Crippen molar-refractivity contribution >= 4 is 0 Å². The summed E-state index contributed by atoms with van der Waals surface area (Å²) in [6.45, 7) is 1.35. The largest absolute Gasteiger partial charge is 0.481 e.